The molecule has 100 valence electrons. The van der Waals surface area contributed by atoms with E-state index in [1.54, 1.807) is 16.2 Å². The van der Waals surface area contributed by atoms with Crippen molar-refractivity contribution in [1.29, 1.82) is 0 Å². The minimum absolute atomic E-state index is 0.186. The molecule has 1 aliphatic rings. The SMILES string of the molecule is CCCCOC(=O)N1CCc2sc(CN)cc2C1. The predicted molar refractivity (Wildman–Crippen MR) is 72.6 cm³/mol. The molecule has 1 aromatic heterocycles. The second-order valence-corrected chi connectivity index (χ2v) is 5.73. The van der Waals surface area contributed by atoms with Gasteiger partial charge >= 0.3 is 6.09 Å². The van der Waals surface area contributed by atoms with Crippen molar-refractivity contribution in [3.05, 3.63) is 21.4 Å². The summed E-state index contributed by atoms with van der Waals surface area (Å²) in [6.45, 7) is 4.61. The lowest BCUT2D eigenvalue weighted by molar-refractivity contribution is 0.0969. The summed E-state index contributed by atoms with van der Waals surface area (Å²) in [6, 6.07) is 2.12. The third-order valence-corrected chi connectivity index (χ3v) is 4.36. The van der Waals surface area contributed by atoms with Crippen LogP contribution in [0.1, 0.15) is 35.1 Å². The highest BCUT2D eigenvalue weighted by atomic mass is 32.1. The average molecular weight is 268 g/mol. The van der Waals surface area contributed by atoms with Crippen molar-refractivity contribution in [1.82, 2.24) is 4.90 Å². The van der Waals surface area contributed by atoms with Gasteiger partial charge in [0.1, 0.15) is 0 Å². The summed E-state index contributed by atoms with van der Waals surface area (Å²) >= 11 is 1.77. The molecule has 2 N–H and O–H groups in total. The van der Waals surface area contributed by atoms with Gasteiger partial charge in [-0.3, -0.25) is 0 Å². The smallest absolute Gasteiger partial charge is 0.410 e. The van der Waals surface area contributed by atoms with E-state index in [2.05, 4.69) is 13.0 Å². The number of thiophene rings is 1. The Balaban J connectivity index is 1.92. The number of fused-ring (bicyclic) bond motifs is 1. The normalized spacial score (nSPS) is 14.4. The minimum atomic E-state index is -0.186. The number of rotatable bonds is 4. The number of amides is 1. The van der Waals surface area contributed by atoms with Crippen LogP contribution in [-0.2, 0) is 24.2 Å². The minimum Gasteiger partial charge on any atom is -0.449 e. The zero-order valence-electron chi connectivity index (χ0n) is 10.8. The number of nitrogens with two attached hydrogens (primary N) is 1. The van der Waals surface area contributed by atoms with E-state index >= 15 is 0 Å². The second-order valence-electron chi connectivity index (χ2n) is 4.50. The van der Waals surface area contributed by atoms with E-state index in [0.29, 0.717) is 19.7 Å². The first-order valence-corrected chi connectivity index (χ1v) is 7.28. The number of unbranched alkanes of at least 4 members (excludes halogenated alkanes) is 1. The molecule has 5 heteroatoms. The Morgan fingerprint density at radius 3 is 3.17 bits per heavy atom. The lowest BCUT2D eigenvalue weighted by Gasteiger charge is -2.26. The van der Waals surface area contributed by atoms with Gasteiger partial charge in [0, 0.05) is 22.8 Å². The monoisotopic (exact) mass is 268 g/mol. The van der Waals surface area contributed by atoms with Crippen LogP contribution in [0.4, 0.5) is 4.79 Å². The van der Waals surface area contributed by atoms with Crippen molar-refractivity contribution in [2.45, 2.75) is 39.3 Å². The van der Waals surface area contributed by atoms with Gasteiger partial charge in [0.05, 0.1) is 13.2 Å². The highest BCUT2D eigenvalue weighted by Gasteiger charge is 2.23. The fraction of sp³-hybridized carbons (Fsp3) is 0.615. The summed E-state index contributed by atoms with van der Waals surface area (Å²) < 4.78 is 5.24. The Kier molecular flexibility index (Phi) is 4.60. The van der Waals surface area contributed by atoms with Gasteiger partial charge in [-0.15, -0.1) is 11.3 Å². The van der Waals surface area contributed by atoms with Crippen LogP contribution in [0, 0.1) is 0 Å². The zero-order valence-corrected chi connectivity index (χ0v) is 11.6. The largest absolute Gasteiger partial charge is 0.449 e. The first-order chi connectivity index (χ1) is 8.74. The molecule has 2 heterocycles. The molecule has 0 aliphatic carbocycles. The van der Waals surface area contributed by atoms with E-state index in [0.717, 1.165) is 25.8 Å². The molecule has 1 aliphatic heterocycles. The standard InChI is InChI=1S/C13H20N2O2S/c1-2-3-6-17-13(16)15-5-4-12-10(9-15)7-11(8-14)18-12/h7H,2-6,8-9,14H2,1H3. The molecule has 0 bridgehead atoms. The molecular formula is C13H20N2O2S. The highest BCUT2D eigenvalue weighted by molar-refractivity contribution is 7.12. The van der Waals surface area contributed by atoms with E-state index in [4.69, 9.17) is 10.5 Å². The van der Waals surface area contributed by atoms with E-state index < -0.39 is 0 Å². The molecule has 2 rings (SSSR count). The van der Waals surface area contributed by atoms with Gasteiger partial charge in [0.15, 0.2) is 0 Å². The first-order valence-electron chi connectivity index (χ1n) is 6.46. The number of nitrogens with zero attached hydrogens (tertiary/aromatic N) is 1. The molecule has 1 amide bonds. The van der Waals surface area contributed by atoms with Crippen LogP contribution in [0.2, 0.25) is 0 Å². The highest BCUT2D eigenvalue weighted by Crippen LogP contribution is 2.28. The summed E-state index contributed by atoms with van der Waals surface area (Å²) in [7, 11) is 0. The quantitative estimate of drug-likeness (QED) is 0.854. The van der Waals surface area contributed by atoms with Gasteiger partial charge in [-0.25, -0.2) is 4.79 Å². The van der Waals surface area contributed by atoms with Gasteiger partial charge in [-0.2, -0.15) is 0 Å². The Morgan fingerprint density at radius 1 is 1.61 bits per heavy atom. The molecule has 0 aromatic carbocycles. The van der Waals surface area contributed by atoms with Crippen LogP contribution >= 0.6 is 11.3 Å². The van der Waals surface area contributed by atoms with E-state index in [1.165, 1.54) is 15.3 Å². The van der Waals surface area contributed by atoms with Crippen LogP contribution in [-0.4, -0.2) is 24.1 Å². The molecule has 4 nitrogen and oxygen atoms in total. The summed E-state index contributed by atoms with van der Waals surface area (Å²) in [5.74, 6) is 0. The van der Waals surface area contributed by atoms with E-state index in [9.17, 15) is 4.79 Å². The van der Waals surface area contributed by atoms with E-state index in [-0.39, 0.29) is 6.09 Å². The van der Waals surface area contributed by atoms with Crippen molar-refractivity contribution >= 4 is 17.4 Å². The van der Waals surface area contributed by atoms with Gasteiger partial charge in [0.25, 0.3) is 0 Å². The fourth-order valence-electron chi connectivity index (χ4n) is 2.05. The first kappa shape index (κ1) is 13.4. The Morgan fingerprint density at radius 2 is 2.44 bits per heavy atom. The third-order valence-electron chi connectivity index (χ3n) is 3.10. The summed E-state index contributed by atoms with van der Waals surface area (Å²) in [4.78, 5) is 16.2. The van der Waals surface area contributed by atoms with Gasteiger partial charge < -0.3 is 15.4 Å². The molecule has 1 aromatic rings. The fourth-order valence-corrected chi connectivity index (χ4v) is 3.10. The van der Waals surface area contributed by atoms with Crippen LogP contribution < -0.4 is 5.73 Å². The second kappa shape index (κ2) is 6.20. The predicted octanol–water partition coefficient (Wildman–Crippen LogP) is 2.50. The van der Waals surface area contributed by atoms with Gasteiger partial charge in [-0.05, 0) is 24.5 Å². The maximum Gasteiger partial charge on any atom is 0.410 e. The molecule has 0 saturated carbocycles. The van der Waals surface area contributed by atoms with E-state index in [1.807, 2.05) is 0 Å². The number of carbonyl (C=O) groups excluding carboxylic acids is 1. The Hall–Kier alpha value is -1.07. The maximum absolute atomic E-state index is 11.8. The maximum atomic E-state index is 11.8. The van der Waals surface area contributed by atoms with Crippen LogP contribution in [0.15, 0.2) is 6.07 Å². The Labute approximate surface area is 112 Å². The molecule has 0 atom stereocenters. The summed E-state index contributed by atoms with van der Waals surface area (Å²) in [6.07, 6.45) is 2.71. The average Bonchev–Trinajstić information content (AvgIpc) is 2.80. The number of ether oxygens (including phenoxy) is 1. The molecular weight excluding hydrogens is 248 g/mol. The van der Waals surface area contributed by atoms with Crippen LogP contribution in [0.25, 0.3) is 0 Å². The van der Waals surface area contributed by atoms with Crippen LogP contribution in [0.3, 0.4) is 0 Å². The Bertz CT molecular complexity index is 417. The third kappa shape index (κ3) is 3.03. The number of carbonyl (C=O) groups is 1. The topological polar surface area (TPSA) is 55.6 Å². The van der Waals surface area contributed by atoms with Crippen molar-refractivity contribution < 1.29 is 9.53 Å². The van der Waals surface area contributed by atoms with Gasteiger partial charge in [0.2, 0.25) is 0 Å². The van der Waals surface area contributed by atoms with Crippen molar-refractivity contribution in [3.63, 3.8) is 0 Å². The molecule has 0 radical (unpaired) electrons. The summed E-state index contributed by atoms with van der Waals surface area (Å²) in [5.41, 5.74) is 6.88. The molecule has 0 fully saturated rings. The zero-order chi connectivity index (χ0) is 13.0. The molecule has 0 unspecified atom stereocenters. The lowest BCUT2D eigenvalue weighted by Crippen LogP contribution is -2.35. The number of hydrogen-bond donors (Lipinski definition) is 1. The van der Waals surface area contributed by atoms with Gasteiger partial charge in [-0.1, -0.05) is 13.3 Å². The molecule has 0 spiro atoms. The lowest BCUT2D eigenvalue weighted by atomic mass is 10.1. The number of hydrogen-bond acceptors (Lipinski definition) is 4. The van der Waals surface area contributed by atoms with Crippen LogP contribution in [0.5, 0.6) is 0 Å². The molecule has 0 saturated heterocycles. The molecule has 18 heavy (non-hydrogen) atoms. The van der Waals surface area contributed by atoms with Crippen molar-refractivity contribution in [3.8, 4) is 0 Å². The van der Waals surface area contributed by atoms with Crippen molar-refractivity contribution in [2.24, 2.45) is 5.73 Å². The summed E-state index contributed by atoms with van der Waals surface area (Å²) in [5, 5.41) is 0. The van der Waals surface area contributed by atoms with Crippen molar-refractivity contribution in [2.75, 3.05) is 13.2 Å².